The molecule has 2 nitrogen and oxygen atoms in total. The Morgan fingerprint density at radius 3 is 2.43 bits per heavy atom. The largest absolute Gasteiger partial charge is 0.405 e. The van der Waals surface area contributed by atoms with E-state index in [2.05, 4.69) is 5.32 Å². The Balaban J connectivity index is 3.04. The molecule has 0 spiro atoms. The second-order valence-electron chi connectivity index (χ2n) is 4.96. The van der Waals surface area contributed by atoms with Crippen molar-refractivity contribution in [3.05, 3.63) is 29.6 Å². The van der Waals surface area contributed by atoms with Crippen LogP contribution in [0.25, 0.3) is 0 Å². The van der Waals surface area contributed by atoms with Crippen LogP contribution in [-0.4, -0.2) is 25.8 Å². The molecule has 0 saturated heterocycles. The summed E-state index contributed by atoms with van der Waals surface area (Å²) in [6.45, 7) is 3.90. The molecule has 120 valence electrons. The van der Waals surface area contributed by atoms with Crippen LogP contribution in [0.15, 0.2) is 18.2 Å². The van der Waals surface area contributed by atoms with Gasteiger partial charge in [-0.05, 0) is 31.0 Å². The summed E-state index contributed by atoms with van der Waals surface area (Å²) in [5.41, 5.74) is 0.612. The summed E-state index contributed by atoms with van der Waals surface area (Å²) >= 11 is 0. The Kier molecular flexibility index (Phi) is 6.95. The predicted molar refractivity (Wildman–Crippen MR) is 77.0 cm³/mol. The molecule has 0 unspecified atom stereocenters. The molecule has 1 N–H and O–H groups in total. The van der Waals surface area contributed by atoms with Gasteiger partial charge < -0.3 is 10.2 Å². The molecule has 1 aromatic carbocycles. The molecule has 0 saturated carbocycles. The first kappa shape index (κ1) is 17.8. The smallest absolute Gasteiger partial charge is 0.360 e. The SMILES string of the molecule is CCCNCc1cccc(F)c1N(CCC)CC(F)(F)F. The fourth-order valence-electron chi connectivity index (χ4n) is 2.21. The monoisotopic (exact) mass is 306 g/mol. The number of hydrogen-bond acceptors (Lipinski definition) is 2. The van der Waals surface area contributed by atoms with E-state index < -0.39 is 18.5 Å². The molecule has 0 radical (unpaired) electrons. The minimum absolute atomic E-state index is 0.0558. The second-order valence-corrected chi connectivity index (χ2v) is 4.96. The van der Waals surface area contributed by atoms with Gasteiger partial charge in [-0.2, -0.15) is 13.2 Å². The van der Waals surface area contributed by atoms with Gasteiger partial charge >= 0.3 is 6.18 Å². The molecular weight excluding hydrogens is 284 g/mol. The van der Waals surface area contributed by atoms with Crippen LogP contribution in [0, 0.1) is 5.82 Å². The Labute approximate surface area is 123 Å². The van der Waals surface area contributed by atoms with Crippen molar-refractivity contribution in [3.63, 3.8) is 0 Å². The standard InChI is InChI=1S/C15H22F4N2/c1-3-8-20-10-12-6-5-7-13(16)14(12)21(9-4-2)11-15(17,18)19/h5-7,20H,3-4,8-11H2,1-2H3. The molecule has 0 amide bonds. The average molecular weight is 306 g/mol. The fourth-order valence-corrected chi connectivity index (χ4v) is 2.21. The molecule has 0 heterocycles. The first-order chi connectivity index (χ1) is 9.89. The highest BCUT2D eigenvalue weighted by Gasteiger charge is 2.32. The Morgan fingerprint density at radius 1 is 1.14 bits per heavy atom. The topological polar surface area (TPSA) is 15.3 Å². The lowest BCUT2D eigenvalue weighted by Crippen LogP contribution is -2.36. The molecule has 0 aliphatic carbocycles. The van der Waals surface area contributed by atoms with Crippen LogP contribution < -0.4 is 10.2 Å². The maximum atomic E-state index is 14.1. The molecule has 0 bridgehead atoms. The van der Waals surface area contributed by atoms with Crippen molar-refractivity contribution in [3.8, 4) is 0 Å². The van der Waals surface area contributed by atoms with Crippen molar-refractivity contribution in [2.45, 2.75) is 39.4 Å². The van der Waals surface area contributed by atoms with Crippen molar-refractivity contribution in [2.75, 3.05) is 24.5 Å². The molecule has 0 aromatic heterocycles. The van der Waals surface area contributed by atoms with Crippen LogP contribution in [-0.2, 0) is 6.54 Å². The highest BCUT2D eigenvalue weighted by Crippen LogP contribution is 2.28. The van der Waals surface area contributed by atoms with Gasteiger partial charge in [-0.15, -0.1) is 0 Å². The predicted octanol–water partition coefficient (Wildman–Crippen LogP) is 4.10. The summed E-state index contributed by atoms with van der Waals surface area (Å²) in [7, 11) is 0. The fraction of sp³-hybridized carbons (Fsp3) is 0.600. The van der Waals surface area contributed by atoms with E-state index in [0.29, 0.717) is 18.5 Å². The third-order valence-electron chi connectivity index (χ3n) is 2.99. The summed E-state index contributed by atoms with van der Waals surface area (Å²) in [6.07, 6.45) is -2.93. The van der Waals surface area contributed by atoms with E-state index in [1.165, 1.54) is 12.1 Å². The minimum atomic E-state index is -4.36. The van der Waals surface area contributed by atoms with E-state index in [1.54, 1.807) is 13.0 Å². The van der Waals surface area contributed by atoms with Gasteiger partial charge in [0.15, 0.2) is 0 Å². The summed E-state index contributed by atoms with van der Waals surface area (Å²) in [5, 5.41) is 3.10. The molecule has 21 heavy (non-hydrogen) atoms. The molecular formula is C15H22F4N2. The number of hydrogen-bond donors (Lipinski definition) is 1. The Bertz CT molecular complexity index is 432. The van der Waals surface area contributed by atoms with Gasteiger partial charge in [0.2, 0.25) is 0 Å². The van der Waals surface area contributed by atoms with E-state index in [1.807, 2.05) is 6.92 Å². The van der Waals surface area contributed by atoms with Gasteiger partial charge in [0.1, 0.15) is 12.4 Å². The Hall–Kier alpha value is -1.30. The zero-order chi connectivity index (χ0) is 15.9. The lowest BCUT2D eigenvalue weighted by Gasteiger charge is -2.28. The van der Waals surface area contributed by atoms with Crippen LogP contribution in [0.5, 0.6) is 0 Å². The van der Waals surface area contributed by atoms with Crippen LogP contribution in [0.2, 0.25) is 0 Å². The van der Waals surface area contributed by atoms with Crippen molar-refractivity contribution in [2.24, 2.45) is 0 Å². The van der Waals surface area contributed by atoms with Gasteiger partial charge in [0.25, 0.3) is 0 Å². The maximum absolute atomic E-state index is 14.1. The molecule has 0 atom stereocenters. The van der Waals surface area contributed by atoms with Crippen LogP contribution >= 0.6 is 0 Å². The molecule has 0 fully saturated rings. The number of anilines is 1. The molecule has 1 rings (SSSR count). The quantitative estimate of drug-likeness (QED) is 0.574. The third kappa shape index (κ3) is 5.91. The van der Waals surface area contributed by atoms with Crippen molar-refractivity contribution >= 4 is 5.69 Å². The first-order valence-corrected chi connectivity index (χ1v) is 7.18. The van der Waals surface area contributed by atoms with Gasteiger partial charge in [-0.25, -0.2) is 4.39 Å². The zero-order valence-electron chi connectivity index (χ0n) is 12.4. The minimum Gasteiger partial charge on any atom is -0.360 e. The van der Waals surface area contributed by atoms with Gasteiger partial charge in [0.05, 0.1) is 5.69 Å². The summed E-state index contributed by atoms with van der Waals surface area (Å²) in [5.74, 6) is -0.608. The molecule has 0 aliphatic heterocycles. The number of benzene rings is 1. The Morgan fingerprint density at radius 2 is 1.86 bits per heavy atom. The molecule has 1 aromatic rings. The highest BCUT2D eigenvalue weighted by atomic mass is 19.4. The molecule has 0 aliphatic rings. The second kappa shape index (κ2) is 8.22. The summed E-state index contributed by atoms with van der Waals surface area (Å²) in [6, 6.07) is 4.40. The summed E-state index contributed by atoms with van der Waals surface area (Å²) in [4.78, 5) is 1.08. The van der Waals surface area contributed by atoms with E-state index in [4.69, 9.17) is 0 Å². The first-order valence-electron chi connectivity index (χ1n) is 7.18. The van der Waals surface area contributed by atoms with Crippen molar-refractivity contribution < 1.29 is 17.6 Å². The number of alkyl halides is 3. The number of nitrogens with one attached hydrogen (secondary N) is 1. The van der Waals surface area contributed by atoms with Gasteiger partial charge in [-0.1, -0.05) is 26.0 Å². The van der Waals surface area contributed by atoms with E-state index in [9.17, 15) is 17.6 Å². The number of halogens is 4. The van der Waals surface area contributed by atoms with E-state index >= 15 is 0 Å². The van der Waals surface area contributed by atoms with Gasteiger partial charge in [0, 0.05) is 13.1 Å². The van der Waals surface area contributed by atoms with Crippen LogP contribution in [0.4, 0.5) is 23.2 Å². The number of para-hydroxylation sites is 1. The highest BCUT2D eigenvalue weighted by molar-refractivity contribution is 5.55. The zero-order valence-corrected chi connectivity index (χ0v) is 12.4. The van der Waals surface area contributed by atoms with Crippen LogP contribution in [0.3, 0.4) is 0 Å². The number of rotatable bonds is 8. The third-order valence-corrected chi connectivity index (χ3v) is 2.99. The van der Waals surface area contributed by atoms with E-state index in [0.717, 1.165) is 17.9 Å². The normalized spacial score (nSPS) is 11.7. The summed E-state index contributed by atoms with van der Waals surface area (Å²) < 4.78 is 52.2. The average Bonchev–Trinajstić information content (AvgIpc) is 2.37. The maximum Gasteiger partial charge on any atom is 0.405 e. The van der Waals surface area contributed by atoms with Crippen LogP contribution in [0.1, 0.15) is 32.3 Å². The lowest BCUT2D eigenvalue weighted by atomic mass is 10.1. The van der Waals surface area contributed by atoms with Gasteiger partial charge in [-0.3, -0.25) is 0 Å². The van der Waals surface area contributed by atoms with Crippen molar-refractivity contribution in [1.82, 2.24) is 5.32 Å². The lowest BCUT2D eigenvalue weighted by molar-refractivity contribution is -0.119. The number of nitrogens with zero attached hydrogens (tertiary/aromatic N) is 1. The van der Waals surface area contributed by atoms with E-state index in [-0.39, 0.29) is 12.2 Å². The van der Waals surface area contributed by atoms with Crippen molar-refractivity contribution in [1.29, 1.82) is 0 Å². The molecule has 6 heteroatoms.